The lowest BCUT2D eigenvalue weighted by Gasteiger charge is -2.11. The number of aromatic amines is 1. The van der Waals surface area contributed by atoms with Gasteiger partial charge in [0, 0.05) is 46.1 Å². The minimum atomic E-state index is 0.710. The van der Waals surface area contributed by atoms with E-state index in [0.29, 0.717) is 6.61 Å². The van der Waals surface area contributed by atoms with Crippen LogP contribution in [0, 0.1) is 6.92 Å². The summed E-state index contributed by atoms with van der Waals surface area (Å²) in [6.07, 6.45) is 6.54. The van der Waals surface area contributed by atoms with Crippen molar-refractivity contribution in [2.45, 2.75) is 13.3 Å². The summed E-state index contributed by atoms with van der Waals surface area (Å²) in [5, 5.41) is 1.11. The molecule has 0 spiro atoms. The molecule has 0 aliphatic rings. The number of hydrogen-bond acceptors (Lipinski definition) is 4. The van der Waals surface area contributed by atoms with Crippen LogP contribution in [0.1, 0.15) is 12.0 Å². The predicted molar refractivity (Wildman–Crippen MR) is 126 cm³/mol. The first-order valence-corrected chi connectivity index (χ1v) is 10.8. The summed E-state index contributed by atoms with van der Waals surface area (Å²) < 4.78 is 6.88. The fourth-order valence-corrected chi connectivity index (χ4v) is 3.89. The summed E-state index contributed by atoms with van der Waals surface area (Å²) in [7, 11) is 4.15. The quantitative estimate of drug-likeness (QED) is 0.356. The monoisotopic (exact) mass is 464 g/mol. The number of hydrogen-bond donors (Lipinski definition) is 1. The molecule has 0 fully saturated rings. The zero-order valence-corrected chi connectivity index (χ0v) is 19.0. The van der Waals surface area contributed by atoms with E-state index in [2.05, 4.69) is 75.0 Å². The Balaban J connectivity index is 1.71. The van der Waals surface area contributed by atoms with Gasteiger partial charge in [-0.25, -0.2) is 4.98 Å². The average molecular weight is 465 g/mol. The maximum absolute atomic E-state index is 5.89. The number of rotatable bonds is 7. The summed E-state index contributed by atoms with van der Waals surface area (Å²) in [5.74, 6) is 0.883. The van der Waals surface area contributed by atoms with Crippen LogP contribution in [0.2, 0.25) is 0 Å². The number of aryl methyl sites for hydroxylation is 1. The van der Waals surface area contributed by atoms with Gasteiger partial charge in [-0.3, -0.25) is 4.98 Å². The number of halogens is 1. The molecule has 0 saturated heterocycles. The van der Waals surface area contributed by atoms with Gasteiger partial charge in [-0.15, -0.1) is 0 Å². The highest BCUT2D eigenvalue weighted by Crippen LogP contribution is 2.40. The number of pyridine rings is 2. The molecule has 0 aliphatic carbocycles. The van der Waals surface area contributed by atoms with Crippen LogP contribution in [0.15, 0.2) is 59.5 Å². The highest BCUT2D eigenvalue weighted by Gasteiger charge is 2.19. The average Bonchev–Trinajstić information content (AvgIpc) is 3.15. The Morgan fingerprint density at radius 1 is 1.07 bits per heavy atom. The number of ether oxygens (including phenoxy) is 1. The van der Waals surface area contributed by atoms with Gasteiger partial charge >= 0.3 is 0 Å². The lowest BCUT2D eigenvalue weighted by atomic mass is 9.98. The Labute approximate surface area is 185 Å². The molecule has 4 aromatic rings. The van der Waals surface area contributed by atoms with E-state index < -0.39 is 0 Å². The Kier molecular flexibility index (Phi) is 6.16. The van der Waals surface area contributed by atoms with E-state index in [1.165, 1.54) is 0 Å². The molecule has 1 N–H and O–H groups in total. The number of fused-ring (bicyclic) bond motifs is 1. The molecular formula is C24H25BrN4O. The largest absolute Gasteiger partial charge is 0.494 e. The standard InChI is InChI=1S/C24H25BrN4O/c1-16-20(25)15-27-24-21(16)22(18-6-4-11-26-14-18)23(28-24)17-7-9-19(10-8-17)30-13-5-12-29(2)3/h4,6-11,14-15H,5,12-13H2,1-3H3,(H,27,28). The van der Waals surface area contributed by atoms with Gasteiger partial charge in [0.15, 0.2) is 0 Å². The van der Waals surface area contributed by atoms with Gasteiger partial charge < -0.3 is 14.6 Å². The summed E-state index contributed by atoms with van der Waals surface area (Å²) in [6.45, 7) is 3.84. The summed E-state index contributed by atoms with van der Waals surface area (Å²) in [4.78, 5) is 14.6. The molecule has 0 saturated carbocycles. The third-order valence-corrected chi connectivity index (χ3v) is 5.93. The fraction of sp³-hybridized carbons (Fsp3) is 0.250. The van der Waals surface area contributed by atoms with Crippen molar-refractivity contribution in [3.63, 3.8) is 0 Å². The van der Waals surface area contributed by atoms with Crippen molar-refractivity contribution in [3.8, 4) is 28.1 Å². The molecule has 0 bridgehead atoms. The molecule has 30 heavy (non-hydrogen) atoms. The Hall–Kier alpha value is -2.70. The zero-order chi connectivity index (χ0) is 21.1. The van der Waals surface area contributed by atoms with Crippen molar-refractivity contribution >= 4 is 27.0 Å². The summed E-state index contributed by atoms with van der Waals surface area (Å²) in [6, 6.07) is 12.3. The second kappa shape index (κ2) is 8.98. The van der Waals surface area contributed by atoms with Gasteiger partial charge in [-0.05, 0) is 84.8 Å². The number of nitrogens with zero attached hydrogens (tertiary/aromatic N) is 3. The minimum absolute atomic E-state index is 0.710. The Bertz CT molecular complexity index is 1140. The lowest BCUT2D eigenvalue weighted by Crippen LogP contribution is -2.15. The van der Waals surface area contributed by atoms with Crippen molar-refractivity contribution in [2.24, 2.45) is 0 Å². The van der Waals surface area contributed by atoms with Crippen LogP contribution in [0.3, 0.4) is 0 Å². The van der Waals surface area contributed by atoms with Gasteiger partial charge in [0.1, 0.15) is 11.4 Å². The van der Waals surface area contributed by atoms with Crippen LogP contribution in [0.5, 0.6) is 5.75 Å². The van der Waals surface area contributed by atoms with Crippen molar-refractivity contribution in [1.82, 2.24) is 19.9 Å². The van der Waals surface area contributed by atoms with Gasteiger partial charge in [-0.2, -0.15) is 0 Å². The van der Waals surface area contributed by atoms with Gasteiger partial charge in [0.05, 0.1) is 12.3 Å². The van der Waals surface area contributed by atoms with E-state index >= 15 is 0 Å². The Morgan fingerprint density at radius 2 is 1.87 bits per heavy atom. The SMILES string of the molecule is Cc1c(Br)cnc2[nH]c(-c3ccc(OCCCN(C)C)cc3)c(-c3cccnc3)c12. The second-order valence-corrected chi connectivity index (χ2v) is 8.46. The maximum Gasteiger partial charge on any atom is 0.138 e. The van der Waals surface area contributed by atoms with E-state index in [1.54, 1.807) is 6.20 Å². The first kappa shape index (κ1) is 20.6. The third-order valence-electron chi connectivity index (χ3n) is 5.13. The van der Waals surface area contributed by atoms with Crippen molar-refractivity contribution in [2.75, 3.05) is 27.2 Å². The highest BCUT2D eigenvalue weighted by atomic mass is 79.9. The maximum atomic E-state index is 5.89. The molecule has 3 aromatic heterocycles. The molecule has 154 valence electrons. The van der Waals surface area contributed by atoms with Gasteiger partial charge in [0.25, 0.3) is 0 Å². The topological polar surface area (TPSA) is 54.0 Å². The Morgan fingerprint density at radius 3 is 2.57 bits per heavy atom. The first-order chi connectivity index (χ1) is 14.5. The molecule has 5 nitrogen and oxygen atoms in total. The third kappa shape index (κ3) is 4.25. The molecule has 4 rings (SSSR count). The molecule has 0 atom stereocenters. The smallest absolute Gasteiger partial charge is 0.138 e. The van der Waals surface area contributed by atoms with Crippen LogP contribution >= 0.6 is 15.9 Å². The normalized spacial score (nSPS) is 11.4. The van der Waals surface area contributed by atoms with E-state index in [4.69, 9.17) is 4.74 Å². The second-order valence-electron chi connectivity index (χ2n) is 7.60. The molecule has 3 heterocycles. The molecule has 0 amide bonds. The molecular weight excluding hydrogens is 440 g/mol. The first-order valence-electron chi connectivity index (χ1n) is 9.99. The van der Waals surface area contributed by atoms with Crippen LogP contribution in [-0.4, -0.2) is 47.1 Å². The van der Waals surface area contributed by atoms with Crippen molar-refractivity contribution < 1.29 is 4.74 Å². The summed E-state index contributed by atoms with van der Waals surface area (Å²) in [5.41, 5.74) is 6.32. The number of benzene rings is 1. The van der Waals surface area contributed by atoms with Crippen LogP contribution < -0.4 is 4.74 Å². The highest BCUT2D eigenvalue weighted by molar-refractivity contribution is 9.10. The van der Waals surface area contributed by atoms with E-state index in [1.807, 2.05) is 30.6 Å². The lowest BCUT2D eigenvalue weighted by molar-refractivity contribution is 0.281. The van der Waals surface area contributed by atoms with Crippen LogP contribution in [0.25, 0.3) is 33.4 Å². The molecule has 0 unspecified atom stereocenters. The van der Waals surface area contributed by atoms with E-state index in [-0.39, 0.29) is 0 Å². The minimum Gasteiger partial charge on any atom is -0.494 e. The van der Waals surface area contributed by atoms with Crippen molar-refractivity contribution in [3.05, 3.63) is 65.0 Å². The molecule has 1 aromatic carbocycles. The number of aromatic nitrogens is 3. The molecule has 6 heteroatoms. The van der Waals surface area contributed by atoms with Crippen molar-refractivity contribution in [1.29, 1.82) is 0 Å². The van der Waals surface area contributed by atoms with E-state index in [0.717, 1.165) is 62.2 Å². The van der Waals surface area contributed by atoms with E-state index in [9.17, 15) is 0 Å². The molecule has 0 aliphatic heterocycles. The number of nitrogens with one attached hydrogen (secondary N) is 1. The van der Waals surface area contributed by atoms with Gasteiger partial charge in [0.2, 0.25) is 0 Å². The van der Waals surface area contributed by atoms with Crippen LogP contribution in [-0.2, 0) is 0 Å². The predicted octanol–water partition coefficient (Wildman–Crippen LogP) is 5.69. The number of H-pyrrole nitrogens is 1. The zero-order valence-electron chi connectivity index (χ0n) is 17.4. The van der Waals surface area contributed by atoms with Crippen LogP contribution in [0.4, 0.5) is 0 Å². The summed E-state index contributed by atoms with van der Waals surface area (Å²) >= 11 is 3.63. The fourth-order valence-electron chi connectivity index (χ4n) is 3.59. The van der Waals surface area contributed by atoms with Gasteiger partial charge in [-0.1, -0.05) is 6.07 Å². The molecule has 0 radical (unpaired) electrons.